The molecule has 0 spiro atoms. The molecule has 4 nitrogen and oxygen atoms in total. The zero-order chi connectivity index (χ0) is 17.4. The Kier molecular flexibility index (Phi) is 6.85. The summed E-state index contributed by atoms with van der Waals surface area (Å²) in [6, 6.07) is 14.4. The van der Waals surface area contributed by atoms with Gasteiger partial charge in [0.15, 0.2) is 6.61 Å². The van der Waals surface area contributed by atoms with E-state index in [-0.39, 0.29) is 12.5 Å². The van der Waals surface area contributed by atoms with Gasteiger partial charge in [-0.25, -0.2) is 4.79 Å². The molecule has 0 saturated heterocycles. The third-order valence-corrected chi connectivity index (χ3v) is 3.60. The highest BCUT2D eigenvalue weighted by molar-refractivity contribution is 6.35. The minimum Gasteiger partial charge on any atom is -0.452 e. The number of carbonyl (C=O) groups excluding carboxylic acids is 2. The molecule has 0 aromatic heterocycles. The van der Waals surface area contributed by atoms with Crippen LogP contribution in [0.2, 0.25) is 10.0 Å². The summed E-state index contributed by atoms with van der Waals surface area (Å²) in [5.41, 5.74) is 1.60. The predicted octanol–water partition coefficient (Wildman–Crippen LogP) is 3.87. The first kappa shape index (κ1) is 18.0. The Morgan fingerprint density at radius 3 is 2.54 bits per heavy atom. The maximum Gasteiger partial charge on any atom is 0.331 e. The van der Waals surface area contributed by atoms with Crippen molar-refractivity contribution in [2.24, 2.45) is 0 Å². The van der Waals surface area contributed by atoms with Crippen molar-refractivity contribution >= 4 is 41.2 Å². The van der Waals surface area contributed by atoms with Gasteiger partial charge in [-0.15, -0.1) is 0 Å². The van der Waals surface area contributed by atoms with Crippen LogP contribution in [0, 0.1) is 0 Å². The van der Waals surface area contributed by atoms with E-state index >= 15 is 0 Å². The normalized spacial score (nSPS) is 10.6. The molecule has 0 atom stereocenters. The second-order valence-electron chi connectivity index (χ2n) is 4.87. The molecule has 6 heteroatoms. The molecule has 0 unspecified atom stereocenters. The van der Waals surface area contributed by atoms with Crippen LogP contribution in [0.3, 0.4) is 0 Å². The Morgan fingerprint density at radius 1 is 1.08 bits per heavy atom. The second kappa shape index (κ2) is 9.11. The van der Waals surface area contributed by atoms with Crippen LogP contribution in [-0.2, 0) is 20.9 Å². The molecular weight excluding hydrogens is 349 g/mol. The Bertz CT molecular complexity index is 745. The Hall–Kier alpha value is -2.30. The van der Waals surface area contributed by atoms with Crippen molar-refractivity contribution < 1.29 is 14.3 Å². The predicted molar refractivity (Wildman–Crippen MR) is 94.7 cm³/mol. The highest BCUT2D eigenvalue weighted by atomic mass is 35.5. The minimum atomic E-state index is -0.629. The molecule has 0 heterocycles. The summed E-state index contributed by atoms with van der Waals surface area (Å²) in [4.78, 5) is 23.3. The molecular formula is C18H15Cl2NO3. The fourth-order valence-electron chi connectivity index (χ4n) is 1.83. The molecule has 0 aliphatic heterocycles. The summed E-state index contributed by atoms with van der Waals surface area (Å²) in [6.07, 6.45) is 2.71. The highest BCUT2D eigenvalue weighted by Crippen LogP contribution is 2.21. The monoisotopic (exact) mass is 363 g/mol. The number of benzene rings is 2. The van der Waals surface area contributed by atoms with Crippen molar-refractivity contribution in [1.82, 2.24) is 5.32 Å². The van der Waals surface area contributed by atoms with Crippen LogP contribution in [-0.4, -0.2) is 18.5 Å². The lowest BCUT2D eigenvalue weighted by Gasteiger charge is -2.05. The molecule has 2 rings (SSSR count). The van der Waals surface area contributed by atoms with Gasteiger partial charge in [-0.3, -0.25) is 4.79 Å². The van der Waals surface area contributed by atoms with Gasteiger partial charge in [-0.05, 0) is 29.3 Å². The lowest BCUT2D eigenvalue weighted by molar-refractivity contribution is -0.143. The smallest absolute Gasteiger partial charge is 0.331 e. The average Bonchev–Trinajstić information content (AvgIpc) is 2.58. The first-order valence-corrected chi connectivity index (χ1v) is 7.91. The quantitative estimate of drug-likeness (QED) is 0.626. The summed E-state index contributed by atoms with van der Waals surface area (Å²) in [5, 5.41) is 3.60. The molecule has 124 valence electrons. The first-order chi connectivity index (χ1) is 11.5. The van der Waals surface area contributed by atoms with Crippen LogP contribution in [0.5, 0.6) is 0 Å². The van der Waals surface area contributed by atoms with Gasteiger partial charge in [0, 0.05) is 22.7 Å². The van der Waals surface area contributed by atoms with Gasteiger partial charge in [0.1, 0.15) is 0 Å². The fourth-order valence-corrected chi connectivity index (χ4v) is 2.30. The van der Waals surface area contributed by atoms with Crippen LogP contribution in [0.4, 0.5) is 0 Å². The first-order valence-electron chi connectivity index (χ1n) is 7.15. The van der Waals surface area contributed by atoms with Crippen molar-refractivity contribution in [3.05, 3.63) is 75.8 Å². The van der Waals surface area contributed by atoms with Gasteiger partial charge in [-0.1, -0.05) is 59.6 Å². The molecule has 2 aromatic rings. The molecule has 0 fully saturated rings. The number of rotatable bonds is 6. The lowest BCUT2D eigenvalue weighted by Crippen LogP contribution is -2.28. The van der Waals surface area contributed by atoms with Crippen molar-refractivity contribution in [3.63, 3.8) is 0 Å². The number of amides is 1. The zero-order valence-electron chi connectivity index (χ0n) is 12.7. The van der Waals surface area contributed by atoms with E-state index < -0.39 is 5.97 Å². The van der Waals surface area contributed by atoms with Crippen molar-refractivity contribution in [2.75, 3.05) is 6.61 Å². The van der Waals surface area contributed by atoms with Gasteiger partial charge in [0.2, 0.25) is 0 Å². The van der Waals surface area contributed by atoms with Gasteiger partial charge < -0.3 is 10.1 Å². The van der Waals surface area contributed by atoms with Crippen LogP contribution in [0.25, 0.3) is 6.08 Å². The third-order valence-electron chi connectivity index (χ3n) is 3.04. The maximum atomic E-state index is 11.6. The second-order valence-corrected chi connectivity index (χ2v) is 5.71. The van der Waals surface area contributed by atoms with Crippen LogP contribution in [0.1, 0.15) is 11.1 Å². The fraction of sp³-hybridized carbons (Fsp3) is 0.111. The van der Waals surface area contributed by atoms with Gasteiger partial charge >= 0.3 is 5.97 Å². The largest absolute Gasteiger partial charge is 0.452 e. The SMILES string of the molecule is O=C(COC(=O)/C=C/c1ccc(Cl)cc1Cl)NCc1ccccc1. The Balaban J connectivity index is 1.76. The molecule has 2 aromatic carbocycles. The van der Waals surface area contributed by atoms with E-state index in [2.05, 4.69) is 5.32 Å². The maximum absolute atomic E-state index is 11.6. The number of nitrogens with one attached hydrogen (secondary N) is 1. The van der Waals surface area contributed by atoms with E-state index in [1.165, 1.54) is 12.2 Å². The van der Waals surface area contributed by atoms with E-state index in [4.69, 9.17) is 27.9 Å². The number of hydrogen-bond acceptors (Lipinski definition) is 3. The molecule has 0 radical (unpaired) electrons. The number of ether oxygens (including phenoxy) is 1. The van der Waals surface area contributed by atoms with E-state index in [0.29, 0.717) is 22.2 Å². The number of esters is 1. The lowest BCUT2D eigenvalue weighted by atomic mass is 10.2. The summed E-state index contributed by atoms with van der Waals surface area (Å²) < 4.78 is 4.87. The zero-order valence-corrected chi connectivity index (χ0v) is 14.2. The third kappa shape index (κ3) is 6.07. The summed E-state index contributed by atoms with van der Waals surface area (Å²) in [7, 11) is 0. The van der Waals surface area contributed by atoms with E-state index in [0.717, 1.165) is 5.56 Å². The average molecular weight is 364 g/mol. The Morgan fingerprint density at radius 2 is 1.83 bits per heavy atom. The van der Waals surface area contributed by atoms with Crippen LogP contribution >= 0.6 is 23.2 Å². The molecule has 0 bridgehead atoms. The molecule has 1 amide bonds. The number of halogens is 2. The number of hydrogen-bond donors (Lipinski definition) is 1. The minimum absolute atomic E-state index is 0.343. The Labute approximate surface area is 150 Å². The van der Waals surface area contributed by atoms with Gasteiger partial charge in [0.05, 0.1) is 0 Å². The van der Waals surface area contributed by atoms with Crippen LogP contribution < -0.4 is 5.32 Å². The van der Waals surface area contributed by atoms with Gasteiger partial charge in [-0.2, -0.15) is 0 Å². The van der Waals surface area contributed by atoms with E-state index in [1.54, 1.807) is 18.2 Å². The van der Waals surface area contributed by atoms with Crippen LogP contribution in [0.15, 0.2) is 54.6 Å². The molecule has 24 heavy (non-hydrogen) atoms. The summed E-state index contributed by atoms with van der Waals surface area (Å²) in [5.74, 6) is -0.999. The van der Waals surface area contributed by atoms with Crippen molar-refractivity contribution in [1.29, 1.82) is 0 Å². The summed E-state index contributed by atoms with van der Waals surface area (Å²) in [6.45, 7) is 0.0395. The highest BCUT2D eigenvalue weighted by Gasteiger charge is 2.05. The molecule has 0 aliphatic rings. The van der Waals surface area contributed by atoms with Crippen molar-refractivity contribution in [2.45, 2.75) is 6.54 Å². The standard InChI is InChI=1S/C18H15Cl2NO3/c19-15-8-6-14(16(20)10-15)7-9-18(23)24-12-17(22)21-11-13-4-2-1-3-5-13/h1-10H,11-12H2,(H,21,22)/b9-7+. The number of carbonyl (C=O) groups is 2. The molecule has 0 aliphatic carbocycles. The van der Waals surface area contributed by atoms with Crippen molar-refractivity contribution in [3.8, 4) is 0 Å². The van der Waals surface area contributed by atoms with E-state index in [9.17, 15) is 9.59 Å². The molecule has 0 saturated carbocycles. The molecule has 1 N–H and O–H groups in total. The summed E-state index contributed by atoms with van der Waals surface area (Å²) >= 11 is 11.8. The van der Waals surface area contributed by atoms with E-state index in [1.807, 2.05) is 30.3 Å². The topological polar surface area (TPSA) is 55.4 Å². The van der Waals surface area contributed by atoms with Gasteiger partial charge in [0.25, 0.3) is 5.91 Å².